The molecule has 19 heavy (non-hydrogen) atoms. The normalized spacial score (nSPS) is 11.6. The summed E-state index contributed by atoms with van der Waals surface area (Å²) in [5.74, 6) is 0.469. The molecule has 3 nitrogen and oxygen atoms in total. The molecule has 0 amide bonds. The van der Waals surface area contributed by atoms with E-state index >= 15 is 0 Å². The fourth-order valence-corrected chi connectivity index (χ4v) is 1.57. The molecule has 0 spiro atoms. The highest BCUT2D eigenvalue weighted by atomic mass is 16.5. The molecule has 0 bridgehead atoms. The Labute approximate surface area is 119 Å². The quantitative estimate of drug-likeness (QED) is 0.576. The van der Waals surface area contributed by atoms with E-state index in [1.54, 1.807) is 7.11 Å². The molecule has 0 heterocycles. The third-order valence-electron chi connectivity index (χ3n) is 3.06. The SMILES string of the molecule is CCCCCC(=O)CCCCC.COC(C)CCO. The van der Waals surface area contributed by atoms with Gasteiger partial charge in [0.25, 0.3) is 0 Å². The molecule has 0 aliphatic carbocycles. The lowest BCUT2D eigenvalue weighted by molar-refractivity contribution is -0.119. The van der Waals surface area contributed by atoms with Crippen molar-refractivity contribution >= 4 is 5.78 Å². The average Bonchev–Trinajstić information content (AvgIpc) is 2.40. The van der Waals surface area contributed by atoms with E-state index in [4.69, 9.17) is 9.84 Å². The zero-order chi connectivity index (χ0) is 14.9. The Morgan fingerprint density at radius 2 is 1.53 bits per heavy atom. The number of hydrogen-bond donors (Lipinski definition) is 1. The summed E-state index contributed by atoms with van der Waals surface area (Å²) in [5, 5.41) is 8.29. The lowest BCUT2D eigenvalue weighted by Crippen LogP contribution is -2.05. The van der Waals surface area contributed by atoms with Gasteiger partial charge in [0, 0.05) is 26.6 Å². The van der Waals surface area contributed by atoms with Gasteiger partial charge in [0.15, 0.2) is 0 Å². The predicted molar refractivity (Wildman–Crippen MR) is 81.5 cm³/mol. The van der Waals surface area contributed by atoms with E-state index in [9.17, 15) is 4.79 Å². The van der Waals surface area contributed by atoms with Gasteiger partial charge >= 0.3 is 0 Å². The number of ketones is 1. The van der Waals surface area contributed by atoms with Crippen molar-refractivity contribution in [1.82, 2.24) is 0 Å². The van der Waals surface area contributed by atoms with Crippen LogP contribution in [0.5, 0.6) is 0 Å². The number of ether oxygens (including phenoxy) is 1. The maximum atomic E-state index is 11.2. The summed E-state index contributed by atoms with van der Waals surface area (Å²) in [6, 6.07) is 0. The number of carbonyl (C=O) groups excluding carboxylic acids is 1. The van der Waals surface area contributed by atoms with Crippen LogP contribution in [0.1, 0.15) is 78.6 Å². The van der Waals surface area contributed by atoms with Gasteiger partial charge in [-0.1, -0.05) is 39.5 Å². The van der Waals surface area contributed by atoms with Crippen LogP contribution in [-0.2, 0) is 9.53 Å². The standard InChI is InChI=1S/C11H22O.C5H12O2/c1-3-5-7-9-11(12)10-8-6-4-2;1-5(7-2)3-4-6/h3-10H2,1-2H3;5-6H,3-4H2,1-2H3. The van der Waals surface area contributed by atoms with E-state index in [1.165, 1.54) is 25.7 Å². The number of unbranched alkanes of at least 4 members (excludes halogenated alkanes) is 4. The van der Waals surface area contributed by atoms with Gasteiger partial charge in [-0.2, -0.15) is 0 Å². The monoisotopic (exact) mass is 274 g/mol. The van der Waals surface area contributed by atoms with Crippen LogP contribution in [0.25, 0.3) is 0 Å². The second-order valence-electron chi connectivity index (χ2n) is 5.01. The van der Waals surface area contributed by atoms with E-state index in [2.05, 4.69) is 13.8 Å². The van der Waals surface area contributed by atoms with Gasteiger partial charge in [0.1, 0.15) is 5.78 Å². The van der Waals surface area contributed by atoms with E-state index in [1.807, 2.05) is 6.92 Å². The molecule has 0 fully saturated rings. The second-order valence-corrected chi connectivity index (χ2v) is 5.01. The maximum absolute atomic E-state index is 11.2. The molecule has 1 atom stereocenters. The first-order chi connectivity index (χ1) is 9.12. The highest BCUT2D eigenvalue weighted by molar-refractivity contribution is 5.78. The molecule has 0 saturated heterocycles. The number of hydrogen-bond acceptors (Lipinski definition) is 3. The average molecular weight is 274 g/mol. The lowest BCUT2D eigenvalue weighted by Gasteiger charge is -2.04. The zero-order valence-corrected chi connectivity index (χ0v) is 13.4. The first kappa shape index (κ1) is 20.9. The Balaban J connectivity index is 0. The topological polar surface area (TPSA) is 46.5 Å². The Bertz CT molecular complexity index is 169. The molecule has 0 aliphatic heterocycles. The minimum absolute atomic E-state index is 0.199. The van der Waals surface area contributed by atoms with Crippen molar-refractivity contribution < 1.29 is 14.6 Å². The lowest BCUT2D eigenvalue weighted by atomic mass is 10.1. The maximum Gasteiger partial charge on any atom is 0.132 e. The fraction of sp³-hybridized carbons (Fsp3) is 0.938. The summed E-state index contributed by atoms with van der Waals surface area (Å²) in [6.45, 7) is 6.48. The molecule has 0 aromatic carbocycles. The summed E-state index contributed by atoms with van der Waals surface area (Å²) >= 11 is 0. The molecule has 0 rings (SSSR count). The molecule has 0 aromatic rings. The smallest absolute Gasteiger partial charge is 0.132 e. The number of aliphatic hydroxyl groups is 1. The van der Waals surface area contributed by atoms with E-state index < -0.39 is 0 Å². The van der Waals surface area contributed by atoms with Gasteiger partial charge in [-0.15, -0.1) is 0 Å². The third-order valence-corrected chi connectivity index (χ3v) is 3.06. The molecule has 0 aliphatic rings. The number of Topliss-reactive ketones (excluding diaryl/α,β-unsaturated/α-hetero) is 1. The van der Waals surface area contributed by atoms with Crippen LogP contribution in [0.3, 0.4) is 0 Å². The Morgan fingerprint density at radius 3 is 1.79 bits per heavy atom. The summed E-state index contributed by atoms with van der Waals surface area (Å²) < 4.78 is 4.83. The second kappa shape index (κ2) is 17.6. The van der Waals surface area contributed by atoms with Crippen molar-refractivity contribution in [3.63, 3.8) is 0 Å². The molecular weight excluding hydrogens is 240 g/mol. The Kier molecular flexibility index (Phi) is 19.3. The van der Waals surface area contributed by atoms with Crippen LogP contribution in [-0.4, -0.2) is 30.7 Å². The number of carbonyl (C=O) groups is 1. The van der Waals surface area contributed by atoms with Gasteiger partial charge < -0.3 is 9.84 Å². The van der Waals surface area contributed by atoms with E-state index in [-0.39, 0.29) is 12.7 Å². The minimum atomic E-state index is 0.199. The van der Waals surface area contributed by atoms with Crippen molar-refractivity contribution in [1.29, 1.82) is 0 Å². The highest BCUT2D eigenvalue weighted by Gasteiger charge is 1.99. The van der Waals surface area contributed by atoms with Crippen LogP contribution in [0.15, 0.2) is 0 Å². The van der Waals surface area contributed by atoms with Gasteiger partial charge in [0.05, 0.1) is 6.10 Å². The predicted octanol–water partition coefficient (Wildman–Crippen LogP) is 4.12. The minimum Gasteiger partial charge on any atom is -0.396 e. The number of methoxy groups -OCH3 is 1. The van der Waals surface area contributed by atoms with Crippen molar-refractivity contribution in [3.05, 3.63) is 0 Å². The van der Waals surface area contributed by atoms with E-state index in [0.717, 1.165) is 32.1 Å². The van der Waals surface area contributed by atoms with Crippen LogP contribution < -0.4 is 0 Å². The van der Waals surface area contributed by atoms with E-state index in [0.29, 0.717) is 5.78 Å². The van der Waals surface area contributed by atoms with Crippen molar-refractivity contribution in [2.24, 2.45) is 0 Å². The van der Waals surface area contributed by atoms with Crippen LogP contribution in [0, 0.1) is 0 Å². The highest BCUT2D eigenvalue weighted by Crippen LogP contribution is 2.05. The van der Waals surface area contributed by atoms with Crippen LogP contribution in [0.4, 0.5) is 0 Å². The van der Waals surface area contributed by atoms with Gasteiger partial charge in [-0.3, -0.25) is 4.79 Å². The van der Waals surface area contributed by atoms with Crippen LogP contribution in [0.2, 0.25) is 0 Å². The molecule has 0 aromatic heterocycles. The van der Waals surface area contributed by atoms with Crippen molar-refractivity contribution in [2.45, 2.75) is 84.7 Å². The van der Waals surface area contributed by atoms with Crippen molar-refractivity contribution in [3.8, 4) is 0 Å². The summed E-state index contributed by atoms with van der Waals surface area (Å²) in [7, 11) is 1.64. The van der Waals surface area contributed by atoms with Gasteiger partial charge in [0.2, 0.25) is 0 Å². The summed E-state index contributed by atoms with van der Waals surface area (Å²) in [4.78, 5) is 11.2. The Hall–Kier alpha value is -0.410. The van der Waals surface area contributed by atoms with Crippen molar-refractivity contribution in [2.75, 3.05) is 13.7 Å². The number of rotatable bonds is 11. The largest absolute Gasteiger partial charge is 0.396 e. The molecule has 0 radical (unpaired) electrons. The molecular formula is C16H34O3. The van der Waals surface area contributed by atoms with Gasteiger partial charge in [-0.25, -0.2) is 0 Å². The van der Waals surface area contributed by atoms with Gasteiger partial charge in [-0.05, 0) is 26.2 Å². The summed E-state index contributed by atoms with van der Waals surface area (Å²) in [5.41, 5.74) is 0. The van der Waals surface area contributed by atoms with Crippen LogP contribution >= 0.6 is 0 Å². The fourth-order valence-electron chi connectivity index (χ4n) is 1.57. The molecule has 1 N–H and O–H groups in total. The first-order valence-corrected chi connectivity index (χ1v) is 7.77. The molecule has 3 heteroatoms. The molecule has 1 unspecified atom stereocenters. The zero-order valence-electron chi connectivity index (χ0n) is 13.4. The number of aliphatic hydroxyl groups excluding tert-OH is 1. The first-order valence-electron chi connectivity index (χ1n) is 7.77. The summed E-state index contributed by atoms with van der Waals surface area (Å²) in [6.07, 6.45) is 9.60. The molecule has 0 saturated carbocycles. The molecule has 116 valence electrons. The third kappa shape index (κ3) is 20.1. The Morgan fingerprint density at radius 1 is 1.05 bits per heavy atom.